The molecule has 0 unspecified atom stereocenters. The van der Waals surface area contributed by atoms with Gasteiger partial charge in [-0.25, -0.2) is 0 Å². The van der Waals surface area contributed by atoms with E-state index in [0.717, 1.165) is 31.2 Å². The van der Waals surface area contributed by atoms with Crippen molar-refractivity contribution in [2.45, 2.75) is 25.4 Å². The summed E-state index contributed by atoms with van der Waals surface area (Å²) >= 11 is 11.3. The lowest BCUT2D eigenvalue weighted by molar-refractivity contribution is -0.137. The lowest BCUT2D eigenvalue weighted by atomic mass is 9.79. The van der Waals surface area contributed by atoms with Crippen molar-refractivity contribution in [3.05, 3.63) is 39.2 Å². The van der Waals surface area contributed by atoms with Gasteiger partial charge in [-0.1, -0.05) is 29.6 Å². The molecule has 0 saturated heterocycles. The molecular formula is C11H8Cl2F3. The van der Waals surface area contributed by atoms with Crippen LogP contribution in [-0.4, -0.2) is 0 Å². The monoisotopic (exact) mass is 267 g/mol. The number of hydrogen-bond donors (Lipinski definition) is 0. The minimum atomic E-state index is -4.46. The van der Waals surface area contributed by atoms with Crippen molar-refractivity contribution < 1.29 is 13.2 Å². The second kappa shape index (κ2) is 4.11. The van der Waals surface area contributed by atoms with Crippen molar-refractivity contribution in [3.63, 3.8) is 0 Å². The predicted molar refractivity (Wildman–Crippen MR) is 57.7 cm³/mol. The highest BCUT2D eigenvalue weighted by molar-refractivity contribution is 6.42. The molecule has 0 N–H and O–H groups in total. The highest BCUT2D eigenvalue weighted by atomic mass is 35.5. The van der Waals surface area contributed by atoms with Crippen molar-refractivity contribution >= 4 is 23.2 Å². The van der Waals surface area contributed by atoms with Crippen LogP contribution in [0.15, 0.2) is 12.1 Å². The van der Waals surface area contributed by atoms with Gasteiger partial charge >= 0.3 is 6.18 Å². The molecule has 0 aliphatic heterocycles. The molecule has 0 aromatic heterocycles. The van der Waals surface area contributed by atoms with Gasteiger partial charge in [0, 0.05) is 5.92 Å². The smallest absolute Gasteiger partial charge is 0.166 e. The summed E-state index contributed by atoms with van der Waals surface area (Å²) < 4.78 is 37.9. The molecule has 0 nitrogen and oxygen atoms in total. The number of hydrogen-bond acceptors (Lipinski definition) is 0. The molecule has 0 atom stereocenters. The second-order valence-electron chi connectivity index (χ2n) is 3.77. The van der Waals surface area contributed by atoms with Crippen LogP contribution in [0.5, 0.6) is 0 Å². The summed E-state index contributed by atoms with van der Waals surface area (Å²) in [4.78, 5) is 0. The quantitative estimate of drug-likeness (QED) is 0.663. The summed E-state index contributed by atoms with van der Waals surface area (Å²) in [5, 5.41) is -0.455. The molecular weight excluding hydrogens is 260 g/mol. The maximum Gasteiger partial charge on any atom is 0.417 e. The van der Waals surface area contributed by atoms with E-state index < -0.39 is 16.8 Å². The molecule has 5 heteroatoms. The number of rotatable bonds is 1. The molecule has 1 aromatic rings. The van der Waals surface area contributed by atoms with Crippen LogP contribution in [0.1, 0.15) is 30.4 Å². The second-order valence-corrected chi connectivity index (χ2v) is 4.56. The average Bonchev–Trinajstić information content (AvgIpc) is 2.05. The maximum atomic E-state index is 12.6. The SMILES string of the molecule is FC(F)(F)c1cc([C]2CCC2)cc(Cl)c1Cl. The summed E-state index contributed by atoms with van der Waals surface area (Å²) in [6.45, 7) is 0. The Hall–Kier alpha value is -0.410. The first kappa shape index (κ1) is 12.1. The molecule has 0 heterocycles. The van der Waals surface area contributed by atoms with Crippen molar-refractivity contribution in [1.82, 2.24) is 0 Å². The largest absolute Gasteiger partial charge is 0.417 e. The summed E-state index contributed by atoms with van der Waals surface area (Å²) in [6.07, 6.45) is -1.75. The zero-order chi connectivity index (χ0) is 11.9. The molecule has 1 aliphatic rings. The van der Waals surface area contributed by atoms with E-state index in [-0.39, 0.29) is 5.02 Å². The first-order valence-electron chi connectivity index (χ1n) is 4.81. The fourth-order valence-electron chi connectivity index (χ4n) is 1.64. The molecule has 1 aromatic carbocycles. The molecule has 1 fully saturated rings. The maximum absolute atomic E-state index is 12.6. The standard InChI is InChI=1S/C11H8Cl2F3/c12-9-5-7(6-2-1-3-6)4-8(10(9)13)11(14,15)16/h4-5H,1-3H2. The normalized spacial score (nSPS) is 17.3. The minimum absolute atomic E-state index is 0.0362. The van der Waals surface area contributed by atoms with Gasteiger partial charge in [0.25, 0.3) is 0 Å². The van der Waals surface area contributed by atoms with Crippen LogP contribution in [0.2, 0.25) is 10.0 Å². The van der Waals surface area contributed by atoms with E-state index in [4.69, 9.17) is 23.2 Å². The Morgan fingerprint density at radius 2 is 1.69 bits per heavy atom. The van der Waals surface area contributed by atoms with Gasteiger partial charge < -0.3 is 0 Å². The summed E-state index contributed by atoms with van der Waals surface area (Å²) in [5.74, 6) is 1.02. The van der Waals surface area contributed by atoms with E-state index >= 15 is 0 Å². The van der Waals surface area contributed by atoms with Crippen molar-refractivity contribution in [3.8, 4) is 0 Å². The molecule has 16 heavy (non-hydrogen) atoms. The molecule has 1 radical (unpaired) electrons. The zero-order valence-electron chi connectivity index (χ0n) is 8.17. The van der Waals surface area contributed by atoms with Gasteiger partial charge in [-0.3, -0.25) is 0 Å². The molecule has 87 valence electrons. The van der Waals surface area contributed by atoms with E-state index in [1.807, 2.05) is 0 Å². The lowest BCUT2D eigenvalue weighted by Crippen LogP contribution is -2.13. The van der Waals surface area contributed by atoms with Crippen LogP contribution < -0.4 is 0 Å². The topological polar surface area (TPSA) is 0 Å². The van der Waals surface area contributed by atoms with E-state index in [0.29, 0.717) is 5.56 Å². The van der Waals surface area contributed by atoms with Crippen LogP contribution in [0.4, 0.5) is 13.2 Å². The van der Waals surface area contributed by atoms with Gasteiger partial charge in [-0.05, 0) is 30.5 Å². The fourth-order valence-corrected chi connectivity index (χ4v) is 2.08. The van der Waals surface area contributed by atoms with Crippen molar-refractivity contribution in [2.24, 2.45) is 0 Å². The van der Waals surface area contributed by atoms with Gasteiger partial charge in [0.15, 0.2) is 0 Å². The molecule has 1 saturated carbocycles. The van der Waals surface area contributed by atoms with Crippen LogP contribution in [0, 0.1) is 5.92 Å². The Kier molecular flexibility index (Phi) is 3.10. The highest BCUT2D eigenvalue weighted by Crippen LogP contribution is 2.43. The van der Waals surface area contributed by atoms with Gasteiger partial charge in [0.1, 0.15) is 0 Å². The van der Waals surface area contributed by atoms with Gasteiger partial charge in [0.2, 0.25) is 0 Å². The van der Waals surface area contributed by atoms with Gasteiger partial charge in [0.05, 0.1) is 15.6 Å². The molecule has 0 spiro atoms. The number of halogens is 5. The number of benzene rings is 1. The number of alkyl halides is 3. The fraction of sp³-hybridized carbons (Fsp3) is 0.364. The van der Waals surface area contributed by atoms with E-state index in [2.05, 4.69) is 0 Å². The Balaban J connectivity index is 2.46. The van der Waals surface area contributed by atoms with E-state index in [1.165, 1.54) is 6.07 Å². The van der Waals surface area contributed by atoms with Gasteiger partial charge in [-0.15, -0.1) is 0 Å². The van der Waals surface area contributed by atoms with Gasteiger partial charge in [-0.2, -0.15) is 13.2 Å². The molecule has 1 aliphatic carbocycles. The van der Waals surface area contributed by atoms with E-state index in [9.17, 15) is 13.2 Å². The molecule has 0 amide bonds. The van der Waals surface area contributed by atoms with Crippen molar-refractivity contribution in [1.29, 1.82) is 0 Å². The minimum Gasteiger partial charge on any atom is -0.166 e. The third-order valence-electron chi connectivity index (χ3n) is 2.70. The van der Waals surface area contributed by atoms with Crippen LogP contribution >= 0.6 is 23.2 Å². The Bertz CT molecular complexity index is 408. The average molecular weight is 268 g/mol. The highest BCUT2D eigenvalue weighted by Gasteiger charge is 2.35. The zero-order valence-corrected chi connectivity index (χ0v) is 9.68. The third-order valence-corrected chi connectivity index (χ3v) is 3.50. The van der Waals surface area contributed by atoms with Crippen LogP contribution in [0.25, 0.3) is 0 Å². The molecule has 0 bridgehead atoms. The van der Waals surface area contributed by atoms with Crippen molar-refractivity contribution in [2.75, 3.05) is 0 Å². The Labute approximate surface area is 101 Å². The first-order chi connectivity index (χ1) is 7.39. The predicted octanol–water partition coefficient (Wildman–Crippen LogP) is 5.12. The summed E-state index contributed by atoms with van der Waals surface area (Å²) in [7, 11) is 0. The van der Waals surface area contributed by atoms with Crippen LogP contribution in [-0.2, 0) is 6.18 Å². The first-order valence-corrected chi connectivity index (χ1v) is 5.56. The van der Waals surface area contributed by atoms with Crippen LogP contribution in [0.3, 0.4) is 0 Å². The Morgan fingerprint density at radius 1 is 1.06 bits per heavy atom. The lowest BCUT2D eigenvalue weighted by Gasteiger charge is -2.26. The summed E-state index contributed by atoms with van der Waals surface area (Å²) in [6, 6.07) is 2.59. The molecule has 2 rings (SSSR count). The van der Waals surface area contributed by atoms with E-state index in [1.54, 1.807) is 0 Å². The third kappa shape index (κ3) is 2.16. The summed E-state index contributed by atoms with van der Waals surface area (Å²) in [5.41, 5.74) is -0.288. The Morgan fingerprint density at radius 3 is 2.12 bits per heavy atom.